The molecule has 0 bridgehead atoms. The minimum atomic E-state index is -0.579. The van der Waals surface area contributed by atoms with Gasteiger partial charge >= 0.3 is 0 Å². The quantitative estimate of drug-likeness (QED) is 0.625. The molecule has 0 fully saturated rings. The standard InChI is InChI=1S/C9H16FN/c1-5-7(10)8(11)9(3,4)6-2/h5-6,8H,2,11H2,1,3-4H3/b7-5+. The van der Waals surface area contributed by atoms with Crippen LogP contribution >= 0.6 is 0 Å². The van der Waals surface area contributed by atoms with Crippen molar-refractivity contribution in [1.82, 2.24) is 0 Å². The van der Waals surface area contributed by atoms with Crippen molar-refractivity contribution in [2.75, 3.05) is 0 Å². The highest BCUT2D eigenvalue weighted by Gasteiger charge is 2.25. The van der Waals surface area contributed by atoms with Crippen LogP contribution in [0.4, 0.5) is 4.39 Å². The minimum absolute atomic E-state index is 0.282. The third-order valence-corrected chi connectivity index (χ3v) is 1.90. The summed E-state index contributed by atoms with van der Waals surface area (Å²) in [4.78, 5) is 0. The second-order valence-corrected chi connectivity index (χ2v) is 3.18. The molecular formula is C9H16FN. The Balaban J connectivity index is 4.47. The summed E-state index contributed by atoms with van der Waals surface area (Å²) in [5, 5.41) is 0. The summed E-state index contributed by atoms with van der Waals surface area (Å²) in [5.41, 5.74) is 5.22. The van der Waals surface area contributed by atoms with Crippen LogP contribution in [0.25, 0.3) is 0 Å². The zero-order chi connectivity index (χ0) is 9.07. The van der Waals surface area contributed by atoms with Crippen LogP contribution in [0, 0.1) is 5.41 Å². The van der Waals surface area contributed by atoms with E-state index in [1.54, 1.807) is 13.0 Å². The van der Waals surface area contributed by atoms with Crippen LogP contribution in [-0.2, 0) is 0 Å². The van der Waals surface area contributed by atoms with Gasteiger partial charge in [-0.1, -0.05) is 26.0 Å². The average molecular weight is 157 g/mol. The van der Waals surface area contributed by atoms with Crippen molar-refractivity contribution in [2.24, 2.45) is 11.1 Å². The fourth-order valence-electron chi connectivity index (χ4n) is 0.662. The molecule has 2 heteroatoms. The molecule has 64 valence electrons. The molecular weight excluding hydrogens is 141 g/mol. The molecule has 0 spiro atoms. The molecule has 11 heavy (non-hydrogen) atoms. The molecule has 0 rings (SSSR count). The second-order valence-electron chi connectivity index (χ2n) is 3.18. The molecule has 0 aromatic carbocycles. The lowest BCUT2D eigenvalue weighted by Gasteiger charge is -2.26. The highest BCUT2D eigenvalue weighted by Crippen LogP contribution is 2.25. The molecule has 0 aromatic heterocycles. The number of rotatable bonds is 3. The van der Waals surface area contributed by atoms with Crippen LogP contribution in [0.2, 0.25) is 0 Å². The van der Waals surface area contributed by atoms with Gasteiger partial charge in [0, 0.05) is 5.41 Å². The summed E-state index contributed by atoms with van der Waals surface area (Å²) in [7, 11) is 0. The van der Waals surface area contributed by atoms with E-state index in [-0.39, 0.29) is 11.2 Å². The molecule has 0 heterocycles. The molecule has 0 radical (unpaired) electrons. The zero-order valence-electron chi connectivity index (χ0n) is 7.39. The van der Waals surface area contributed by atoms with Crippen LogP contribution in [0.1, 0.15) is 20.8 Å². The predicted molar refractivity (Wildman–Crippen MR) is 46.8 cm³/mol. The predicted octanol–water partition coefficient (Wildman–Crippen LogP) is 2.40. The number of allylic oxidation sites excluding steroid dienone is 1. The van der Waals surface area contributed by atoms with Gasteiger partial charge in [0.25, 0.3) is 0 Å². The first kappa shape index (κ1) is 10.4. The van der Waals surface area contributed by atoms with Gasteiger partial charge in [0.2, 0.25) is 0 Å². The lowest BCUT2D eigenvalue weighted by atomic mass is 9.84. The number of nitrogens with two attached hydrogens (primary N) is 1. The molecule has 1 unspecified atom stereocenters. The maximum atomic E-state index is 12.9. The van der Waals surface area contributed by atoms with Crippen LogP contribution < -0.4 is 5.73 Å². The summed E-state index contributed by atoms with van der Waals surface area (Å²) < 4.78 is 12.9. The Labute approximate surface area is 67.8 Å². The fraction of sp³-hybridized carbons (Fsp3) is 0.556. The van der Waals surface area contributed by atoms with E-state index >= 15 is 0 Å². The van der Waals surface area contributed by atoms with Crippen molar-refractivity contribution in [3.05, 3.63) is 24.6 Å². The first-order valence-corrected chi connectivity index (χ1v) is 3.66. The van der Waals surface area contributed by atoms with Crippen molar-refractivity contribution in [3.63, 3.8) is 0 Å². The Morgan fingerprint density at radius 2 is 2.09 bits per heavy atom. The summed E-state index contributed by atoms with van der Waals surface area (Å²) in [5.74, 6) is -0.282. The Kier molecular flexibility index (Phi) is 3.46. The van der Waals surface area contributed by atoms with E-state index in [1.165, 1.54) is 6.08 Å². The van der Waals surface area contributed by atoms with Gasteiger partial charge in [0.1, 0.15) is 5.83 Å². The summed E-state index contributed by atoms with van der Waals surface area (Å²) in [6, 6.07) is -0.579. The fourth-order valence-corrected chi connectivity index (χ4v) is 0.662. The first-order chi connectivity index (χ1) is 4.95. The normalized spacial score (nSPS) is 16.3. The molecule has 2 N–H and O–H groups in total. The van der Waals surface area contributed by atoms with Crippen molar-refractivity contribution < 1.29 is 4.39 Å². The van der Waals surface area contributed by atoms with Crippen molar-refractivity contribution in [1.29, 1.82) is 0 Å². The monoisotopic (exact) mass is 157 g/mol. The molecule has 0 aliphatic rings. The third kappa shape index (κ3) is 2.46. The van der Waals surface area contributed by atoms with E-state index in [9.17, 15) is 4.39 Å². The topological polar surface area (TPSA) is 26.0 Å². The minimum Gasteiger partial charge on any atom is -0.321 e. The molecule has 1 nitrogen and oxygen atoms in total. The van der Waals surface area contributed by atoms with Gasteiger partial charge in [-0.25, -0.2) is 4.39 Å². The van der Waals surface area contributed by atoms with E-state index in [4.69, 9.17) is 5.73 Å². The van der Waals surface area contributed by atoms with Crippen LogP contribution in [0.15, 0.2) is 24.6 Å². The largest absolute Gasteiger partial charge is 0.321 e. The highest BCUT2D eigenvalue weighted by atomic mass is 19.1. The SMILES string of the molecule is C=CC(C)(C)C(N)/C(F)=C\C. The zero-order valence-corrected chi connectivity index (χ0v) is 7.39. The second kappa shape index (κ2) is 3.67. The number of halogens is 1. The maximum absolute atomic E-state index is 12.9. The van der Waals surface area contributed by atoms with E-state index in [1.807, 2.05) is 13.8 Å². The Morgan fingerprint density at radius 3 is 2.36 bits per heavy atom. The van der Waals surface area contributed by atoms with E-state index in [0.29, 0.717) is 0 Å². The third-order valence-electron chi connectivity index (χ3n) is 1.90. The first-order valence-electron chi connectivity index (χ1n) is 3.66. The van der Waals surface area contributed by atoms with Crippen LogP contribution in [0.5, 0.6) is 0 Å². The van der Waals surface area contributed by atoms with Gasteiger partial charge in [-0.05, 0) is 6.92 Å². The van der Waals surface area contributed by atoms with Gasteiger partial charge in [-0.3, -0.25) is 0 Å². The molecule has 0 aromatic rings. The van der Waals surface area contributed by atoms with Gasteiger partial charge in [-0.2, -0.15) is 0 Å². The molecule has 0 aliphatic heterocycles. The number of hydrogen-bond donors (Lipinski definition) is 1. The lowest BCUT2D eigenvalue weighted by Crippen LogP contribution is -2.36. The van der Waals surface area contributed by atoms with Crippen molar-refractivity contribution in [2.45, 2.75) is 26.8 Å². The number of hydrogen-bond acceptors (Lipinski definition) is 1. The molecule has 0 saturated carbocycles. The lowest BCUT2D eigenvalue weighted by molar-refractivity contribution is 0.359. The molecule has 0 aliphatic carbocycles. The maximum Gasteiger partial charge on any atom is 0.113 e. The van der Waals surface area contributed by atoms with Gasteiger partial charge in [-0.15, -0.1) is 6.58 Å². The highest BCUT2D eigenvalue weighted by molar-refractivity contribution is 5.10. The Morgan fingerprint density at radius 1 is 1.64 bits per heavy atom. The Bertz CT molecular complexity index is 170. The molecule has 0 saturated heterocycles. The summed E-state index contributed by atoms with van der Waals surface area (Å²) >= 11 is 0. The van der Waals surface area contributed by atoms with Crippen LogP contribution in [0.3, 0.4) is 0 Å². The van der Waals surface area contributed by atoms with Crippen LogP contribution in [-0.4, -0.2) is 6.04 Å². The van der Waals surface area contributed by atoms with Crippen molar-refractivity contribution >= 4 is 0 Å². The van der Waals surface area contributed by atoms with Gasteiger partial charge in [0.15, 0.2) is 0 Å². The van der Waals surface area contributed by atoms with E-state index in [2.05, 4.69) is 6.58 Å². The Hall–Kier alpha value is -0.630. The van der Waals surface area contributed by atoms with Gasteiger partial charge in [0.05, 0.1) is 6.04 Å². The smallest absolute Gasteiger partial charge is 0.113 e. The molecule has 1 atom stereocenters. The summed E-state index contributed by atoms with van der Waals surface area (Å²) in [6.07, 6.45) is 3.05. The molecule has 0 amide bonds. The van der Waals surface area contributed by atoms with Crippen molar-refractivity contribution in [3.8, 4) is 0 Å². The summed E-state index contributed by atoms with van der Waals surface area (Å²) in [6.45, 7) is 8.94. The van der Waals surface area contributed by atoms with E-state index < -0.39 is 6.04 Å². The average Bonchev–Trinajstić information content (AvgIpc) is 2.01. The van der Waals surface area contributed by atoms with Gasteiger partial charge < -0.3 is 5.73 Å². The van der Waals surface area contributed by atoms with E-state index in [0.717, 1.165) is 0 Å².